The van der Waals surface area contributed by atoms with E-state index in [9.17, 15) is 9.18 Å². The highest BCUT2D eigenvalue weighted by atomic mass is 79.9. The second kappa shape index (κ2) is 5.75. The third-order valence-corrected chi connectivity index (χ3v) is 2.94. The standard InChI is InChI=1S/C12H10BrFN4O/c1-18-11(10(13)7-16-18)12(19)17-15-6-8-2-4-9(14)5-3-8/h2-7H,1H3,(H,17,19). The average Bonchev–Trinajstić information content (AvgIpc) is 2.71. The first-order valence-electron chi connectivity index (χ1n) is 5.34. The molecule has 1 aromatic carbocycles. The third kappa shape index (κ3) is 3.25. The van der Waals surface area contributed by atoms with Crippen LogP contribution in [0.4, 0.5) is 4.39 Å². The summed E-state index contributed by atoms with van der Waals surface area (Å²) in [6.07, 6.45) is 2.96. The van der Waals surface area contributed by atoms with Gasteiger partial charge in [-0.2, -0.15) is 10.2 Å². The van der Waals surface area contributed by atoms with Crippen LogP contribution in [-0.2, 0) is 7.05 Å². The highest BCUT2D eigenvalue weighted by Gasteiger charge is 2.14. The van der Waals surface area contributed by atoms with Gasteiger partial charge in [-0.3, -0.25) is 9.48 Å². The van der Waals surface area contributed by atoms with Gasteiger partial charge in [0.25, 0.3) is 5.91 Å². The Labute approximate surface area is 117 Å². The second-order valence-electron chi connectivity index (χ2n) is 3.72. The monoisotopic (exact) mass is 324 g/mol. The first-order chi connectivity index (χ1) is 9.08. The molecule has 0 aliphatic rings. The van der Waals surface area contributed by atoms with Crippen molar-refractivity contribution in [1.29, 1.82) is 0 Å². The molecule has 19 heavy (non-hydrogen) atoms. The summed E-state index contributed by atoms with van der Waals surface area (Å²) in [6.45, 7) is 0. The maximum Gasteiger partial charge on any atom is 0.290 e. The minimum absolute atomic E-state index is 0.319. The summed E-state index contributed by atoms with van der Waals surface area (Å²) in [6, 6.07) is 5.76. The summed E-state index contributed by atoms with van der Waals surface area (Å²) in [5.74, 6) is -0.703. The first-order valence-corrected chi connectivity index (χ1v) is 6.13. The Bertz CT molecular complexity index is 602. The molecule has 0 spiro atoms. The Morgan fingerprint density at radius 3 is 2.74 bits per heavy atom. The molecule has 0 radical (unpaired) electrons. The van der Waals surface area contributed by atoms with Gasteiger partial charge in [-0.1, -0.05) is 12.1 Å². The topological polar surface area (TPSA) is 59.3 Å². The van der Waals surface area contributed by atoms with Crippen molar-refractivity contribution >= 4 is 28.1 Å². The predicted molar refractivity (Wildman–Crippen MR) is 72.4 cm³/mol. The van der Waals surface area contributed by atoms with Crippen molar-refractivity contribution in [1.82, 2.24) is 15.2 Å². The van der Waals surface area contributed by atoms with Crippen LogP contribution in [0.1, 0.15) is 16.1 Å². The summed E-state index contributed by atoms with van der Waals surface area (Å²) < 4.78 is 14.7. The molecule has 1 N–H and O–H groups in total. The maximum atomic E-state index is 12.7. The number of hydrogen-bond donors (Lipinski definition) is 1. The van der Waals surface area contributed by atoms with Crippen molar-refractivity contribution in [2.75, 3.05) is 0 Å². The number of hydrogen-bond acceptors (Lipinski definition) is 3. The Morgan fingerprint density at radius 1 is 1.47 bits per heavy atom. The SMILES string of the molecule is Cn1ncc(Br)c1C(=O)NN=Cc1ccc(F)cc1. The highest BCUT2D eigenvalue weighted by Crippen LogP contribution is 2.14. The third-order valence-electron chi connectivity index (χ3n) is 2.36. The number of halogens is 2. The highest BCUT2D eigenvalue weighted by molar-refractivity contribution is 9.10. The van der Waals surface area contributed by atoms with E-state index < -0.39 is 0 Å². The van der Waals surface area contributed by atoms with Gasteiger partial charge >= 0.3 is 0 Å². The van der Waals surface area contributed by atoms with Gasteiger partial charge in [0.05, 0.1) is 16.9 Å². The Balaban J connectivity index is 2.03. The Hall–Kier alpha value is -2.02. The molecule has 0 bridgehead atoms. The zero-order valence-electron chi connectivity index (χ0n) is 9.97. The largest absolute Gasteiger partial charge is 0.290 e. The van der Waals surface area contributed by atoms with Crippen LogP contribution in [0.3, 0.4) is 0 Å². The van der Waals surface area contributed by atoms with Crippen LogP contribution in [0.15, 0.2) is 40.0 Å². The van der Waals surface area contributed by atoms with Gasteiger partial charge in [0.15, 0.2) is 0 Å². The summed E-state index contributed by atoms with van der Waals surface area (Å²) in [4.78, 5) is 11.8. The molecular weight excluding hydrogens is 315 g/mol. The number of aromatic nitrogens is 2. The number of hydrazone groups is 1. The van der Waals surface area contributed by atoms with Crippen LogP contribution >= 0.6 is 15.9 Å². The van der Waals surface area contributed by atoms with Gasteiger partial charge in [0.2, 0.25) is 0 Å². The van der Waals surface area contributed by atoms with E-state index >= 15 is 0 Å². The van der Waals surface area contributed by atoms with E-state index in [1.54, 1.807) is 19.2 Å². The predicted octanol–water partition coefficient (Wildman–Crippen LogP) is 2.09. The minimum Gasteiger partial charge on any atom is -0.266 e. The van der Waals surface area contributed by atoms with E-state index in [2.05, 4.69) is 31.6 Å². The zero-order chi connectivity index (χ0) is 13.8. The Morgan fingerprint density at radius 2 is 2.16 bits per heavy atom. The van der Waals surface area contributed by atoms with Crippen molar-refractivity contribution in [3.63, 3.8) is 0 Å². The van der Waals surface area contributed by atoms with Gasteiger partial charge < -0.3 is 0 Å². The number of nitrogens with one attached hydrogen (secondary N) is 1. The first kappa shape index (κ1) is 13.4. The van der Waals surface area contributed by atoms with Gasteiger partial charge in [-0.05, 0) is 33.6 Å². The van der Waals surface area contributed by atoms with Gasteiger partial charge in [0.1, 0.15) is 11.5 Å². The maximum absolute atomic E-state index is 12.7. The number of carbonyl (C=O) groups excluding carboxylic acids is 1. The smallest absolute Gasteiger partial charge is 0.266 e. The lowest BCUT2D eigenvalue weighted by Gasteiger charge is -2.00. The molecule has 7 heteroatoms. The van der Waals surface area contributed by atoms with Crippen LogP contribution in [0, 0.1) is 5.82 Å². The van der Waals surface area contributed by atoms with Crippen molar-refractivity contribution < 1.29 is 9.18 Å². The van der Waals surface area contributed by atoms with E-state index in [-0.39, 0.29) is 11.7 Å². The normalized spacial score (nSPS) is 10.9. The number of carbonyl (C=O) groups is 1. The quantitative estimate of drug-likeness (QED) is 0.694. The fourth-order valence-electron chi connectivity index (χ4n) is 1.43. The van der Waals surface area contributed by atoms with Crippen LogP contribution in [0.5, 0.6) is 0 Å². The van der Waals surface area contributed by atoms with Crippen molar-refractivity contribution in [2.24, 2.45) is 12.1 Å². The van der Waals surface area contributed by atoms with Gasteiger partial charge in [-0.25, -0.2) is 9.82 Å². The lowest BCUT2D eigenvalue weighted by Crippen LogP contribution is -2.21. The summed E-state index contributed by atoms with van der Waals surface area (Å²) in [7, 11) is 1.66. The van der Waals surface area contributed by atoms with Crippen molar-refractivity contribution in [3.05, 3.63) is 52.0 Å². The lowest BCUT2D eigenvalue weighted by atomic mass is 10.2. The molecule has 0 fully saturated rings. The van der Waals surface area contributed by atoms with Crippen LogP contribution in [0.2, 0.25) is 0 Å². The molecule has 0 aliphatic heterocycles. The molecule has 0 atom stereocenters. The number of nitrogens with zero attached hydrogens (tertiary/aromatic N) is 3. The number of amides is 1. The van der Waals surface area contributed by atoms with E-state index in [1.807, 2.05) is 0 Å². The van der Waals surface area contributed by atoms with Crippen LogP contribution in [-0.4, -0.2) is 21.9 Å². The molecule has 1 amide bonds. The molecule has 2 aromatic rings. The molecule has 5 nitrogen and oxygen atoms in total. The van der Waals surface area contributed by atoms with E-state index in [1.165, 1.54) is 29.2 Å². The summed E-state index contributed by atoms with van der Waals surface area (Å²) >= 11 is 3.22. The van der Waals surface area contributed by atoms with E-state index in [0.717, 1.165) is 0 Å². The van der Waals surface area contributed by atoms with Crippen molar-refractivity contribution in [2.45, 2.75) is 0 Å². The fourth-order valence-corrected chi connectivity index (χ4v) is 1.96. The molecule has 1 aromatic heterocycles. The van der Waals surface area contributed by atoms with Gasteiger partial charge in [0, 0.05) is 7.05 Å². The number of rotatable bonds is 3. The Kier molecular flexibility index (Phi) is 4.06. The molecule has 2 rings (SSSR count). The number of benzene rings is 1. The van der Waals surface area contributed by atoms with Crippen LogP contribution < -0.4 is 5.43 Å². The molecule has 0 saturated carbocycles. The fraction of sp³-hybridized carbons (Fsp3) is 0.0833. The summed E-state index contributed by atoms with van der Waals surface area (Å²) in [5.41, 5.74) is 3.43. The molecule has 1 heterocycles. The molecule has 0 aliphatic carbocycles. The summed E-state index contributed by atoms with van der Waals surface area (Å²) in [5, 5.41) is 7.73. The van der Waals surface area contributed by atoms with Crippen LogP contribution in [0.25, 0.3) is 0 Å². The van der Waals surface area contributed by atoms with E-state index in [0.29, 0.717) is 15.7 Å². The molecule has 0 saturated heterocycles. The van der Waals surface area contributed by atoms with E-state index in [4.69, 9.17) is 0 Å². The molecular formula is C12H10BrFN4O. The zero-order valence-corrected chi connectivity index (χ0v) is 11.6. The van der Waals surface area contributed by atoms with Crippen molar-refractivity contribution in [3.8, 4) is 0 Å². The minimum atomic E-state index is -0.384. The van der Waals surface area contributed by atoms with Gasteiger partial charge in [-0.15, -0.1) is 0 Å². The second-order valence-corrected chi connectivity index (χ2v) is 4.57. The average molecular weight is 325 g/mol. The molecule has 98 valence electrons. The lowest BCUT2D eigenvalue weighted by molar-refractivity contribution is 0.0945. The number of aryl methyl sites for hydroxylation is 1. The molecule has 0 unspecified atom stereocenters.